The monoisotopic (exact) mass is 308 g/mol. The van der Waals surface area contributed by atoms with Crippen LogP contribution in [0.5, 0.6) is 0 Å². The Kier molecular flexibility index (Phi) is 4.44. The highest BCUT2D eigenvalue weighted by molar-refractivity contribution is 5.22. The number of aliphatic hydroxyl groups excluding tert-OH is 1. The minimum Gasteiger partial charge on any atom is -0.387 e. The maximum atomic E-state index is 13.7. The van der Waals surface area contributed by atoms with Crippen LogP contribution in [0.1, 0.15) is 30.6 Å². The van der Waals surface area contributed by atoms with E-state index in [4.69, 9.17) is 0 Å². The lowest BCUT2D eigenvalue weighted by atomic mass is 10.0. The Morgan fingerprint density at radius 1 is 1.23 bits per heavy atom. The van der Waals surface area contributed by atoms with Crippen molar-refractivity contribution in [3.63, 3.8) is 0 Å². The number of β-amino-alcohol motifs (C(OH)–C–C–N with tert-alkyl or cyclic N) is 1. The van der Waals surface area contributed by atoms with Crippen LogP contribution in [-0.2, 0) is 0 Å². The second kappa shape index (κ2) is 6.50. The van der Waals surface area contributed by atoms with Crippen molar-refractivity contribution in [2.24, 2.45) is 0 Å². The van der Waals surface area contributed by atoms with Gasteiger partial charge in [0.25, 0.3) is 0 Å². The molecule has 0 bridgehead atoms. The molecule has 0 amide bonds. The molecule has 2 heterocycles. The number of rotatable bonds is 4. The standard InChI is InChI=1S/C15H18F2N4O/c16-12-2-1-3-13(17)15(12)14(22)10-20-7-4-11(5-8-20)21-9-6-18-19-21/h1-3,6,9,11,14,22H,4-5,7-8,10H2. The first-order valence-electron chi connectivity index (χ1n) is 7.35. The van der Waals surface area contributed by atoms with Gasteiger partial charge in [-0.3, -0.25) is 0 Å². The SMILES string of the molecule is OC(CN1CCC(n2ccnn2)CC1)c1c(F)cccc1F. The highest BCUT2D eigenvalue weighted by Gasteiger charge is 2.25. The first-order chi connectivity index (χ1) is 10.6. The third-order valence-corrected chi connectivity index (χ3v) is 4.14. The van der Waals surface area contributed by atoms with Crippen LogP contribution in [0.25, 0.3) is 0 Å². The average molecular weight is 308 g/mol. The van der Waals surface area contributed by atoms with E-state index in [-0.39, 0.29) is 12.1 Å². The van der Waals surface area contributed by atoms with Crippen LogP contribution >= 0.6 is 0 Å². The molecule has 1 aromatic heterocycles. The van der Waals surface area contributed by atoms with Crippen LogP contribution < -0.4 is 0 Å². The van der Waals surface area contributed by atoms with E-state index in [1.54, 1.807) is 6.20 Å². The van der Waals surface area contributed by atoms with E-state index in [1.807, 2.05) is 15.8 Å². The predicted octanol–water partition coefficient (Wildman–Crippen LogP) is 1.93. The molecule has 1 fully saturated rings. The van der Waals surface area contributed by atoms with Crippen LogP contribution in [0, 0.1) is 11.6 Å². The quantitative estimate of drug-likeness (QED) is 0.938. The van der Waals surface area contributed by atoms with Crippen molar-refractivity contribution in [3.8, 4) is 0 Å². The molecule has 22 heavy (non-hydrogen) atoms. The van der Waals surface area contributed by atoms with E-state index < -0.39 is 17.7 Å². The Bertz CT molecular complexity index is 592. The maximum absolute atomic E-state index is 13.7. The molecule has 0 radical (unpaired) electrons. The Labute approximate surface area is 127 Å². The number of likely N-dealkylation sites (tertiary alicyclic amines) is 1. The molecule has 1 saturated heterocycles. The minimum atomic E-state index is -1.16. The van der Waals surface area contributed by atoms with Crippen molar-refractivity contribution in [2.45, 2.75) is 25.0 Å². The Morgan fingerprint density at radius 3 is 2.50 bits per heavy atom. The summed E-state index contributed by atoms with van der Waals surface area (Å²) in [5.41, 5.74) is -0.249. The second-order valence-corrected chi connectivity index (χ2v) is 5.57. The number of piperidine rings is 1. The summed E-state index contributed by atoms with van der Waals surface area (Å²) in [6.07, 6.45) is 4.07. The number of aliphatic hydroxyl groups is 1. The highest BCUT2D eigenvalue weighted by Crippen LogP contribution is 2.25. The molecule has 5 nitrogen and oxygen atoms in total. The Balaban J connectivity index is 1.58. The molecule has 3 rings (SSSR count). The van der Waals surface area contributed by atoms with E-state index in [9.17, 15) is 13.9 Å². The smallest absolute Gasteiger partial charge is 0.131 e. The van der Waals surface area contributed by atoms with Gasteiger partial charge >= 0.3 is 0 Å². The summed E-state index contributed by atoms with van der Waals surface area (Å²) in [4.78, 5) is 2.02. The molecule has 1 unspecified atom stereocenters. The lowest BCUT2D eigenvalue weighted by Gasteiger charge is -2.33. The van der Waals surface area contributed by atoms with Gasteiger partial charge in [0, 0.05) is 25.8 Å². The molecule has 0 saturated carbocycles. The molecule has 0 spiro atoms. The molecular formula is C15H18F2N4O. The van der Waals surface area contributed by atoms with Gasteiger partial charge in [-0.2, -0.15) is 0 Å². The summed E-state index contributed by atoms with van der Waals surface area (Å²) in [5.74, 6) is -1.41. The zero-order valence-electron chi connectivity index (χ0n) is 12.1. The van der Waals surface area contributed by atoms with Gasteiger partial charge in [-0.1, -0.05) is 11.3 Å². The maximum Gasteiger partial charge on any atom is 0.131 e. The van der Waals surface area contributed by atoms with E-state index in [2.05, 4.69) is 10.3 Å². The van der Waals surface area contributed by atoms with Crippen molar-refractivity contribution >= 4 is 0 Å². The molecule has 1 aliphatic rings. The molecule has 1 atom stereocenters. The Morgan fingerprint density at radius 2 is 1.91 bits per heavy atom. The number of halogens is 2. The summed E-state index contributed by atoms with van der Waals surface area (Å²) in [5, 5.41) is 17.9. The first-order valence-corrected chi connectivity index (χ1v) is 7.35. The van der Waals surface area contributed by atoms with E-state index in [0.29, 0.717) is 6.04 Å². The molecule has 0 aliphatic carbocycles. The summed E-state index contributed by atoms with van der Waals surface area (Å²) in [6, 6.07) is 3.92. The van der Waals surface area contributed by atoms with Gasteiger partial charge in [0.1, 0.15) is 11.6 Å². The zero-order valence-corrected chi connectivity index (χ0v) is 12.1. The molecule has 7 heteroatoms. The topological polar surface area (TPSA) is 54.2 Å². The van der Waals surface area contributed by atoms with Crippen LogP contribution in [0.4, 0.5) is 8.78 Å². The van der Waals surface area contributed by atoms with Gasteiger partial charge in [0.2, 0.25) is 0 Å². The normalized spacial score (nSPS) is 18.5. The summed E-state index contributed by atoms with van der Waals surface area (Å²) in [7, 11) is 0. The fourth-order valence-corrected chi connectivity index (χ4v) is 2.94. The average Bonchev–Trinajstić information content (AvgIpc) is 3.02. The zero-order chi connectivity index (χ0) is 15.5. The molecular weight excluding hydrogens is 290 g/mol. The molecule has 1 N–H and O–H groups in total. The van der Waals surface area contributed by atoms with Gasteiger partial charge in [0.05, 0.1) is 23.9 Å². The van der Waals surface area contributed by atoms with Crippen molar-refractivity contribution in [3.05, 3.63) is 47.8 Å². The highest BCUT2D eigenvalue weighted by atomic mass is 19.1. The molecule has 1 aliphatic heterocycles. The van der Waals surface area contributed by atoms with E-state index >= 15 is 0 Å². The van der Waals surface area contributed by atoms with Crippen LogP contribution in [-0.4, -0.2) is 44.6 Å². The number of benzene rings is 1. The van der Waals surface area contributed by atoms with Gasteiger partial charge in [0.15, 0.2) is 0 Å². The van der Waals surface area contributed by atoms with E-state index in [0.717, 1.165) is 25.9 Å². The number of hydrogen-bond acceptors (Lipinski definition) is 4. The molecule has 118 valence electrons. The van der Waals surface area contributed by atoms with Crippen molar-refractivity contribution in [1.82, 2.24) is 19.9 Å². The number of aromatic nitrogens is 3. The van der Waals surface area contributed by atoms with Gasteiger partial charge in [-0.25, -0.2) is 13.5 Å². The van der Waals surface area contributed by atoms with E-state index in [1.165, 1.54) is 18.2 Å². The second-order valence-electron chi connectivity index (χ2n) is 5.57. The number of hydrogen-bond donors (Lipinski definition) is 1. The lowest BCUT2D eigenvalue weighted by molar-refractivity contribution is 0.0841. The third-order valence-electron chi connectivity index (χ3n) is 4.14. The summed E-state index contributed by atoms with van der Waals surface area (Å²) >= 11 is 0. The van der Waals surface area contributed by atoms with Crippen molar-refractivity contribution in [1.29, 1.82) is 0 Å². The Hall–Kier alpha value is -1.86. The number of nitrogens with zero attached hydrogens (tertiary/aromatic N) is 4. The summed E-state index contributed by atoms with van der Waals surface area (Å²) < 4.78 is 29.2. The van der Waals surface area contributed by atoms with Crippen molar-refractivity contribution < 1.29 is 13.9 Å². The van der Waals surface area contributed by atoms with Gasteiger partial charge in [-0.15, -0.1) is 5.10 Å². The van der Waals surface area contributed by atoms with Crippen LogP contribution in [0.2, 0.25) is 0 Å². The lowest BCUT2D eigenvalue weighted by Crippen LogP contribution is -2.37. The predicted molar refractivity (Wildman–Crippen MR) is 76.1 cm³/mol. The van der Waals surface area contributed by atoms with Crippen LogP contribution in [0.15, 0.2) is 30.6 Å². The molecule has 2 aromatic rings. The fourth-order valence-electron chi connectivity index (χ4n) is 2.94. The van der Waals surface area contributed by atoms with Crippen molar-refractivity contribution in [2.75, 3.05) is 19.6 Å². The fraction of sp³-hybridized carbons (Fsp3) is 0.467. The minimum absolute atomic E-state index is 0.224. The largest absolute Gasteiger partial charge is 0.387 e. The van der Waals surface area contributed by atoms with Gasteiger partial charge in [-0.05, 0) is 25.0 Å². The summed E-state index contributed by atoms with van der Waals surface area (Å²) in [6.45, 7) is 1.72. The third kappa shape index (κ3) is 3.15. The van der Waals surface area contributed by atoms with Gasteiger partial charge < -0.3 is 10.0 Å². The van der Waals surface area contributed by atoms with Crippen LogP contribution in [0.3, 0.4) is 0 Å². The molecule has 1 aromatic carbocycles. The first kappa shape index (κ1) is 15.1.